The van der Waals surface area contributed by atoms with Crippen LogP contribution in [0.25, 0.3) is 0 Å². The zero-order valence-electron chi connectivity index (χ0n) is 13.3. The Bertz CT molecular complexity index is 554. The van der Waals surface area contributed by atoms with Gasteiger partial charge < -0.3 is 15.4 Å². The third-order valence-corrected chi connectivity index (χ3v) is 4.34. The molecule has 2 N–H and O–H groups in total. The minimum absolute atomic E-state index is 0. The summed E-state index contributed by atoms with van der Waals surface area (Å²) < 4.78 is 5.96. The van der Waals surface area contributed by atoms with E-state index in [1.807, 2.05) is 24.3 Å². The Morgan fingerprint density at radius 1 is 1.30 bits per heavy atom. The van der Waals surface area contributed by atoms with E-state index in [4.69, 9.17) is 4.74 Å². The fourth-order valence-electron chi connectivity index (χ4n) is 3.04. The number of amides is 1. The van der Waals surface area contributed by atoms with Crippen molar-refractivity contribution in [3.63, 3.8) is 0 Å². The Balaban J connectivity index is 0.00000192. The summed E-state index contributed by atoms with van der Waals surface area (Å²) >= 11 is 0. The van der Waals surface area contributed by atoms with Crippen molar-refractivity contribution in [2.75, 3.05) is 19.6 Å². The largest absolute Gasteiger partial charge is 0.490 e. The normalized spacial score (nSPS) is 18.0. The van der Waals surface area contributed by atoms with Gasteiger partial charge in [0.05, 0.1) is 6.10 Å². The second-order valence-corrected chi connectivity index (χ2v) is 6.05. The predicted octanol–water partition coefficient (Wildman–Crippen LogP) is 3.08. The van der Waals surface area contributed by atoms with Gasteiger partial charge >= 0.3 is 0 Å². The van der Waals surface area contributed by atoms with Gasteiger partial charge in [-0.3, -0.25) is 4.79 Å². The van der Waals surface area contributed by atoms with E-state index in [0.717, 1.165) is 38.1 Å². The molecule has 2 aliphatic rings. The van der Waals surface area contributed by atoms with Crippen LogP contribution in [0.2, 0.25) is 0 Å². The Morgan fingerprint density at radius 2 is 2.13 bits per heavy atom. The average molecular weight is 337 g/mol. The molecule has 1 saturated carbocycles. The second kappa shape index (κ2) is 8.94. The van der Waals surface area contributed by atoms with E-state index in [-0.39, 0.29) is 18.3 Å². The van der Waals surface area contributed by atoms with E-state index in [0.29, 0.717) is 18.2 Å². The van der Waals surface area contributed by atoms with Crippen molar-refractivity contribution in [1.82, 2.24) is 10.6 Å². The van der Waals surface area contributed by atoms with Crippen LogP contribution in [-0.2, 0) is 0 Å². The molecular formula is C18H25ClN2O2. The molecule has 0 unspecified atom stereocenters. The number of nitrogens with one attached hydrogen (secondary N) is 2. The van der Waals surface area contributed by atoms with E-state index >= 15 is 0 Å². The molecule has 1 heterocycles. The molecule has 5 heteroatoms. The summed E-state index contributed by atoms with van der Waals surface area (Å²) in [6, 6.07) is 7.52. The van der Waals surface area contributed by atoms with Gasteiger partial charge in [-0.2, -0.15) is 0 Å². The van der Waals surface area contributed by atoms with E-state index in [2.05, 4.69) is 16.7 Å². The van der Waals surface area contributed by atoms with E-state index in [9.17, 15) is 4.79 Å². The Hall–Kier alpha value is -1.52. The molecule has 1 aliphatic carbocycles. The minimum atomic E-state index is -0.0312. The van der Waals surface area contributed by atoms with Crippen molar-refractivity contribution in [1.29, 1.82) is 0 Å². The number of halogens is 1. The summed E-state index contributed by atoms with van der Waals surface area (Å²) in [4.78, 5) is 12.3. The zero-order valence-corrected chi connectivity index (χ0v) is 14.2. The highest BCUT2D eigenvalue weighted by atomic mass is 35.5. The van der Waals surface area contributed by atoms with Crippen LogP contribution in [0.1, 0.15) is 42.5 Å². The summed E-state index contributed by atoms with van der Waals surface area (Å²) in [5.41, 5.74) is 1.97. The van der Waals surface area contributed by atoms with Crippen LogP contribution >= 0.6 is 12.4 Å². The first-order chi connectivity index (χ1) is 10.8. The second-order valence-electron chi connectivity index (χ2n) is 6.05. The minimum Gasteiger partial charge on any atom is -0.490 e. The molecule has 1 amide bonds. The lowest BCUT2D eigenvalue weighted by molar-refractivity contribution is 0.0955. The number of ether oxygens (including phenoxy) is 1. The summed E-state index contributed by atoms with van der Waals surface area (Å²) in [5, 5.41) is 6.27. The molecule has 0 spiro atoms. The van der Waals surface area contributed by atoms with Crippen LogP contribution in [0.5, 0.6) is 5.75 Å². The third kappa shape index (κ3) is 5.26. The molecule has 1 aromatic carbocycles. The predicted molar refractivity (Wildman–Crippen MR) is 94.5 cm³/mol. The van der Waals surface area contributed by atoms with Crippen LogP contribution in [0.4, 0.5) is 0 Å². The van der Waals surface area contributed by atoms with Crippen molar-refractivity contribution in [3.8, 4) is 5.75 Å². The molecule has 0 atom stereocenters. The van der Waals surface area contributed by atoms with E-state index in [1.165, 1.54) is 18.4 Å². The lowest BCUT2D eigenvalue weighted by atomic mass is 10.1. The highest BCUT2D eigenvalue weighted by Crippen LogP contribution is 2.24. The molecule has 126 valence electrons. The fraction of sp³-hybridized carbons (Fsp3) is 0.500. The number of rotatable bonds is 5. The van der Waals surface area contributed by atoms with Crippen LogP contribution in [0.15, 0.2) is 35.9 Å². The number of hydrogen-bond acceptors (Lipinski definition) is 3. The highest BCUT2D eigenvalue weighted by molar-refractivity contribution is 5.94. The summed E-state index contributed by atoms with van der Waals surface area (Å²) in [5.74, 6) is 0.775. The Labute approximate surface area is 144 Å². The van der Waals surface area contributed by atoms with Gasteiger partial charge in [0.15, 0.2) is 0 Å². The third-order valence-electron chi connectivity index (χ3n) is 4.34. The van der Waals surface area contributed by atoms with Crippen molar-refractivity contribution in [2.24, 2.45) is 0 Å². The molecular weight excluding hydrogens is 312 g/mol. The molecule has 0 bridgehead atoms. The van der Waals surface area contributed by atoms with Crippen molar-refractivity contribution < 1.29 is 9.53 Å². The summed E-state index contributed by atoms with van der Waals surface area (Å²) in [7, 11) is 0. The quantitative estimate of drug-likeness (QED) is 0.812. The molecule has 0 saturated heterocycles. The summed E-state index contributed by atoms with van der Waals surface area (Å²) in [6.07, 6.45) is 8.22. The number of carbonyl (C=O) groups excluding carboxylic acids is 1. The number of benzene rings is 1. The first-order valence-corrected chi connectivity index (χ1v) is 8.25. The van der Waals surface area contributed by atoms with Gasteiger partial charge in [-0.25, -0.2) is 0 Å². The van der Waals surface area contributed by atoms with Crippen molar-refractivity contribution in [2.45, 2.75) is 38.2 Å². The molecule has 1 fully saturated rings. The van der Waals surface area contributed by atoms with Crippen molar-refractivity contribution >= 4 is 18.3 Å². The fourth-order valence-corrected chi connectivity index (χ4v) is 3.04. The molecule has 0 aromatic heterocycles. The van der Waals surface area contributed by atoms with Gasteiger partial charge in [-0.1, -0.05) is 17.7 Å². The molecule has 0 radical (unpaired) electrons. The summed E-state index contributed by atoms with van der Waals surface area (Å²) in [6.45, 7) is 2.52. The molecule has 3 rings (SSSR count). The first-order valence-electron chi connectivity index (χ1n) is 8.25. The maximum absolute atomic E-state index is 12.3. The molecule has 1 aliphatic heterocycles. The lowest BCUT2D eigenvalue weighted by Crippen LogP contribution is -2.29. The maximum Gasteiger partial charge on any atom is 0.251 e. The first kappa shape index (κ1) is 17.8. The average Bonchev–Trinajstić information content (AvgIpc) is 3.07. The Kier molecular flexibility index (Phi) is 6.93. The van der Waals surface area contributed by atoms with Crippen LogP contribution in [-0.4, -0.2) is 31.6 Å². The van der Waals surface area contributed by atoms with E-state index in [1.54, 1.807) is 0 Å². The number of hydrogen-bond donors (Lipinski definition) is 2. The smallest absolute Gasteiger partial charge is 0.251 e. The molecule has 1 aromatic rings. The van der Waals surface area contributed by atoms with Crippen LogP contribution in [0, 0.1) is 0 Å². The SMILES string of the molecule is Cl.O=C(NCC1=CCNCC1)c1cccc(OC2CCCC2)c1. The van der Waals surface area contributed by atoms with Crippen LogP contribution < -0.4 is 15.4 Å². The number of carbonyl (C=O) groups is 1. The standard InChI is InChI=1S/C18H24N2O2.ClH/c21-18(20-13-14-8-10-19-11-9-14)15-4-3-7-17(12-15)22-16-5-1-2-6-16;/h3-4,7-8,12,16,19H,1-2,5-6,9-11,13H2,(H,20,21);1H. The topological polar surface area (TPSA) is 50.4 Å². The van der Waals surface area contributed by atoms with Gasteiger partial charge in [0.25, 0.3) is 5.91 Å². The maximum atomic E-state index is 12.3. The van der Waals surface area contributed by atoms with Gasteiger partial charge in [0, 0.05) is 18.7 Å². The zero-order chi connectivity index (χ0) is 15.2. The lowest BCUT2D eigenvalue weighted by Gasteiger charge is -2.15. The monoisotopic (exact) mass is 336 g/mol. The van der Waals surface area contributed by atoms with Crippen molar-refractivity contribution in [3.05, 3.63) is 41.5 Å². The van der Waals surface area contributed by atoms with Gasteiger partial charge in [-0.15, -0.1) is 12.4 Å². The molecule has 23 heavy (non-hydrogen) atoms. The van der Waals surface area contributed by atoms with Crippen LogP contribution in [0.3, 0.4) is 0 Å². The molecule has 4 nitrogen and oxygen atoms in total. The van der Waals surface area contributed by atoms with Gasteiger partial charge in [0.2, 0.25) is 0 Å². The highest BCUT2D eigenvalue weighted by Gasteiger charge is 2.17. The Morgan fingerprint density at radius 3 is 2.87 bits per heavy atom. The van der Waals surface area contributed by atoms with E-state index < -0.39 is 0 Å². The van der Waals surface area contributed by atoms with Gasteiger partial charge in [-0.05, 0) is 56.8 Å². The van der Waals surface area contributed by atoms with Gasteiger partial charge in [0.1, 0.15) is 5.75 Å².